The van der Waals surface area contributed by atoms with Gasteiger partial charge in [0.25, 0.3) is 0 Å². The summed E-state index contributed by atoms with van der Waals surface area (Å²) < 4.78 is 0. The number of carbonyl (C=O) groups is 1. The second-order valence-electron chi connectivity index (χ2n) is 7.46. The zero-order valence-electron chi connectivity index (χ0n) is 16.0. The predicted molar refractivity (Wildman–Crippen MR) is 98.2 cm³/mol. The summed E-state index contributed by atoms with van der Waals surface area (Å²) in [6.07, 6.45) is 8.89. The van der Waals surface area contributed by atoms with Crippen LogP contribution < -0.4 is 0 Å². The molecule has 0 aliphatic carbocycles. The van der Waals surface area contributed by atoms with Gasteiger partial charge in [0.1, 0.15) is 5.78 Å². The maximum Gasteiger partial charge on any atom is 0.142 e. The van der Waals surface area contributed by atoms with Gasteiger partial charge in [-0.2, -0.15) is 0 Å². The van der Waals surface area contributed by atoms with Gasteiger partial charge < -0.3 is 4.90 Å². The fraction of sp³-hybridized carbons (Fsp3) is 0.850. The molecule has 0 aliphatic rings. The summed E-state index contributed by atoms with van der Waals surface area (Å²) in [7, 11) is 2.22. The first-order valence-corrected chi connectivity index (χ1v) is 9.14. The minimum absolute atomic E-state index is 0.0173. The normalized spacial score (nSPS) is 17.0. The number of unbranched alkanes of at least 4 members (excludes halogenated alkanes) is 1. The Kier molecular flexibility index (Phi) is 10.7. The predicted octanol–water partition coefficient (Wildman–Crippen LogP) is 5.33. The molecule has 0 aromatic heterocycles. The minimum atomic E-state index is -0.0173. The highest BCUT2D eigenvalue weighted by molar-refractivity contribution is 5.84. The highest BCUT2D eigenvalue weighted by Gasteiger charge is 2.28. The van der Waals surface area contributed by atoms with Crippen LogP contribution in [0.15, 0.2) is 12.7 Å². The highest BCUT2D eigenvalue weighted by Crippen LogP contribution is 2.35. The molecule has 0 amide bonds. The lowest BCUT2D eigenvalue weighted by Gasteiger charge is -2.32. The highest BCUT2D eigenvalue weighted by atomic mass is 16.1. The lowest BCUT2D eigenvalue weighted by atomic mass is 9.74. The number of rotatable bonds is 13. The molecule has 130 valence electrons. The van der Waals surface area contributed by atoms with E-state index in [2.05, 4.69) is 46.2 Å². The molecule has 0 saturated heterocycles. The number of hydrogen-bond acceptors (Lipinski definition) is 2. The molecule has 0 aliphatic heterocycles. The maximum atomic E-state index is 12.3. The Labute approximate surface area is 139 Å². The van der Waals surface area contributed by atoms with Crippen LogP contribution >= 0.6 is 0 Å². The molecule has 1 unspecified atom stereocenters. The first-order chi connectivity index (χ1) is 10.3. The molecule has 2 heteroatoms. The van der Waals surface area contributed by atoms with Crippen LogP contribution in [0.25, 0.3) is 0 Å². The van der Waals surface area contributed by atoms with Gasteiger partial charge in [-0.1, -0.05) is 53.5 Å². The third-order valence-electron chi connectivity index (χ3n) is 5.15. The number of Topliss-reactive ketones (excluding diaryl/α,β-unsaturated/α-hetero) is 1. The van der Waals surface area contributed by atoms with Gasteiger partial charge in [-0.25, -0.2) is 0 Å². The van der Waals surface area contributed by atoms with Crippen molar-refractivity contribution in [2.75, 3.05) is 20.1 Å². The van der Waals surface area contributed by atoms with Crippen molar-refractivity contribution in [3.05, 3.63) is 12.7 Å². The summed E-state index contributed by atoms with van der Waals surface area (Å²) in [5.41, 5.74) is 0.279. The molecule has 0 rings (SSSR count). The lowest BCUT2D eigenvalue weighted by Crippen LogP contribution is -2.27. The Morgan fingerprint density at radius 3 is 2.32 bits per heavy atom. The van der Waals surface area contributed by atoms with E-state index in [1.165, 1.54) is 38.8 Å². The van der Waals surface area contributed by atoms with Crippen molar-refractivity contribution in [2.24, 2.45) is 17.3 Å². The third kappa shape index (κ3) is 8.12. The van der Waals surface area contributed by atoms with Crippen molar-refractivity contribution in [3.8, 4) is 0 Å². The van der Waals surface area contributed by atoms with Gasteiger partial charge in [0.2, 0.25) is 0 Å². The van der Waals surface area contributed by atoms with Gasteiger partial charge in [-0.15, -0.1) is 6.58 Å². The van der Waals surface area contributed by atoms with Crippen LogP contribution in [0.4, 0.5) is 0 Å². The second kappa shape index (κ2) is 11.0. The van der Waals surface area contributed by atoms with Gasteiger partial charge in [-0.05, 0) is 51.2 Å². The van der Waals surface area contributed by atoms with Crippen LogP contribution in [-0.4, -0.2) is 30.8 Å². The Balaban J connectivity index is 4.34. The largest absolute Gasteiger partial charge is 0.306 e. The monoisotopic (exact) mass is 309 g/mol. The molecule has 22 heavy (non-hydrogen) atoms. The smallest absolute Gasteiger partial charge is 0.142 e. The summed E-state index contributed by atoms with van der Waals surface area (Å²) >= 11 is 0. The van der Waals surface area contributed by atoms with E-state index in [-0.39, 0.29) is 17.3 Å². The van der Waals surface area contributed by atoms with Crippen LogP contribution in [0.2, 0.25) is 0 Å². The van der Waals surface area contributed by atoms with Crippen LogP contribution in [0.3, 0.4) is 0 Å². The van der Waals surface area contributed by atoms with Crippen molar-refractivity contribution in [2.45, 2.75) is 73.1 Å². The fourth-order valence-corrected chi connectivity index (χ4v) is 3.14. The molecule has 2 nitrogen and oxygen atoms in total. The number of allylic oxidation sites excluding steroid dienone is 1. The first-order valence-electron chi connectivity index (χ1n) is 9.14. The number of nitrogens with zero attached hydrogens (tertiary/aromatic N) is 1. The Bertz CT molecular complexity index is 326. The minimum Gasteiger partial charge on any atom is -0.306 e. The Morgan fingerprint density at radius 2 is 1.82 bits per heavy atom. The summed E-state index contributed by atoms with van der Waals surface area (Å²) in [6, 6.07) is 0. The average molecular weight is 310 g/mol. The van der Waals surface area contributed by atoms with Crippen LogP contribution in [-0.2, 0) is 4.79 Å². The second-order valence-corrected chi connectivity index (χ2v) is 7.46. The van der Waals surface area contributed by atoms with E-state index >= 15 is 0 Å². The van der Waals surface area contributed by atoms with E-state index in [0.29, 0.717) is 5.78 Å². The molecular weight excluding hydrogens is 270 g/mol. The molecule has 0 aromatic rings. The van der Waals surface area contributed by atoms with Gasteiger partial charge in [-0.3, -0.25) is 4.79 Å². The zero-order valence-corrected chi connectivity index (χ0v) is 16.0. The maximum absolute atomic E-state index is 12.3. The molecule has 0 spiro atoms. The fourth-order valence-electron chi connectivity index (χ4n) is 3.14. The van der Waals surface area contributed by atoms with E-state index in [9.17, 15) is 4.79 Å². The van der Waals surface area contributed by atoms with Crippen molar-refractivity contribution in [1.82, 2.24) is 4.90 Å². The van der Waals surface area contributed by atoms with Crippen molar-refractivity contribution < 1.29 is 4.79 Å². The molecule has 0 heterocycles. The number of hydrogen-bond donors (Lipinski definition) is 0. The molecular formula is C20H39NO. The van der Waals surface area contributed by atoms with E-state index in [0.717, 1.165) is 12.8 Å². The Hall–Kier alpha value is -0.630. The Morgan fingerprint density at radius 1 is 1.23 bits per heavy atom. The quantitative estimate of drug-likeness (QED) is 0.428. The summed E-state index contributed by atoms with van der Waals surface area (Å²) in [5.74, 6) is 0.460. The molecule has 0 N–H and O–H groups in total. The van der Waals surface area contributed by atoms with E-state index in [1.807, 2.05) is 6.92 Å². The van der Waals surface area contributed by atoms with Crippen LogP contribution in [0.5, 0.6) is 0 Å². The summed E-state index contributed by atoms with van der Waals surface area (Å²) in [5, 5.41) is 0. The SMILES string of the molecule is C=CC(C)C(=O)[C@H](C)C[C@](C)(CC)CCCN(C)CCCC. The van der Waals surface area contributed by atoms with Gasteiger partial charge in [0.05, 0.1) is 0 Å². The number of carbonyl (C=O) groups excluding carboxylic acids is 1. The molecule has 0 bridgehead atoms. The summed E-state index contributed by atoms with van der Waals surface area (Å²) in [6.45, 7) is 17.0. The molecule has 0 radical (unpaired) electrons. The zero-order chi connectivity index (χ0) is 17.2. The summed E-state index contributed by atoms with van der Waals surface area (Å²) in [4.78, 5) is 14.7. The van der Waals surface area contributed by atoms with Crippen LogP contribution in [0.1, 0.15) is 73.1 Å². The van der Waals surface area contributed by atoms with Gasteiger partial charge in [0, 0.05) is 11.8 Å². The van der Waals surface area contributed by atoms with Gasteiger partial charge in [0.15, 0.2) is 0 Å². The third-order valence-corrected chi connectivity index (χ3v) is 5.15. The molecule has 3 atom stereocenters. The van der Waals surface area contributed by atoms with Gasteiger partial charge >= 0.3 is 0 Å². The molecule has 0 saturated carbocycles. The van der Waals surface area contributed by atoms with Crippen molar-refractivity contribution in [3.63, 3.8) is 0 Å². The van der Waals surface area contributed by atoms with E-state index < -0.39 is 0 Å². The molecule has 0 aromatic carbocycles. The number of ketones is 1. The van der Waals surface area contributed by atoms with E-state index in [4.69, 9.17) is 0 Å². The van der Waals surface area contributed by atoms with E-state index in [1.54, 1.807) is 6.08 Å². The average Bonchev–Trinajstić information content (AvgIpc) is 2.51. The topological polar surface area (TPSA) is 20.3 Å². The molecule has 0 fully saturated rings. The van der Waals surface area contributed by atoms with Crippen molar-refractivity contribution in [1.29, 1.82) is 0 Å². The van der Waals surface area contributed by atoms with Crippen LogP contribution in [0, 0.1) is 17.3 Å². The first kappa shape index (κ1) is 21.4. The van der Waals surface area contributed by atoms with Crippen molar-refractivity contribution >= 4 is 5.78 Å². The lowest BCUT2D eigenvalue weighted by molar-refractivity contribution is -0.125. The standard InChI is InChI=1S/C20H39NO/c1-8-11-14-21(7)15-12-13-20(6,10-3)16-18(5)19(22)17(4)9-2/h9,17-18H,2,8,10-16H2,1,3-7H3/t17?,18-,20-/m1/s1.